The van der Waals surface area contributed by atoms with Crippen LogP contribution in [0.25, 0.3) is 11.1 Å². The molecule has 6 heteroatoms. The fourth-order valence-electron chi connectivity index (χ4n) is 1.83. The van der Waals surface area contributed by atoms with Crippen LogP contribution >= 0.6 is 11.6 Å². The third kappa shape index (κ3) is 3.09. The van der Waals surface area contributed by atoms with Crippen molar-refractivity contribution in [2.75, 3.05) is 5.73 Å². The van der Waals surface area contributed by atoms with Crippen molar-refractivity contribution >= 4 is 17.4 Å². The van der Waals surface area contributed by atoms with Crippen LogP contribution in [0.2, 0.25) is 5.02 Å². The Morgan fingerprint density at radius 1 is 1.00 bits per heavy atom. The second-order valence-corrected chi connectivity index (χ2v) is 4.68. The van der Waals surface area contributed by atoms with Gasteiger partial charge in [-0.3, -0.25) is 0 Å². The molecule has 0 amide bonds. The van der Waals surface area contributed by atoms with Gasteiger partial charge in [-0.1, -0.05) is 23.7 Å². The van der Waals surface area contributed by atoms with Crippen molar-refractivity contribution in [3.63, 3.8) is 0 Å². The number of nitrogens with two attached hydrogens (primary N) is 1. The van der Waals surface area contributed by atoms with E-state index in [9.17, 15) is 0 Å². The first-order chi connectivity index (χ1) is 10.2. The lowest BCUT2D eigenvalue weighted by Crippen LogP contribution is -1.94. The Balaban J connectivity index is 1.85. The maximum atomic E-state index is 5.95. The molecule has 0 aliphatic carbocycles. The Bertz CT molecular complexity index is 747. The number of halogens is 1. The van der Waals surface area contributed by atoms with Crippen LogP contribution in [0.4, 0.5) is 5.82 Å². The van der Waals surface area contributed by atoms with E-state index in [0.29, 0.717) is 22.6 Å². The van der Waals surface area contributed by atoms with Gasteiger partial charge in [0.25, 0.3) is 0 Å². The first-order valence-corrected chi connectivity index (χ1v) is 6.56. The van der Waals surface area contributed by atoms with E-state index in [0.717, 1.165) is 11.1 Å². The fourth-order valence-corrected chi connectivity index (χ4v) is 1.99. The van der Waals surface area contributed by atoms with Crippen molar-refractivity contribution in [3.8, 4) is 22.9 Å². The summed E-state index contributed by atoms with van der Waals surface area (Å²) in [5.41, 5.74) is 7.55. The monoisotopic (exact) mass is 298 g/mol. The SMILES string of the molecule is Nc1ncc(Cl)cc1-c1ccc(Oc2ncccn2)cc1. The van der Waals surface area contributed by atoms with Crippen LogP contribution in [0.3, 0.4) is 0 Å². The van der Waals surface area contributed by atoms with Crippen LogP contribution in [0.5, 0.6) is 11.8 Å². The molecule has 0 bridgehead atoms. The average Bonchev–Trinajstić information content (AvgIpc) is 2.52. The Morgan fingerprint density at radius 3 is 2.43 bits per heavy atom. The molecule has 2 N–H and O–H groups in total. The number of hydrogen-bond donors (Lipinski definition) is 1. The maximum absolute atomic E-state index is 5.95. The lowest BCUT2D eigenvalue weighted by atomic mass is 10.1. The van der Waals surface area contributed by atoms with E-state index in [4.69, 9.17) is 22.1 Å². The predicted molar refractivity (Wildman–Crippen MR) is 81.2 cm³/mol. The number of ether oxygens (including phenoxy) is 1. The van der Waals surface area contributed by atoms with Gasteiger partial charge in [0.2, 0.25) is 0 Å². The highest BCUT2D eigenvalue weighted by Crippen LogP contribution is 2.29. The number of anilines is 1. The summed E-state index contributed by atoms with van der Waals surface area (Å²) >= 11 is 5.95. The molecule has 0 saturated heterocycles. The predicted octanol–water partition coefficient (Wildman–Crippen LogP) is 3.57. The van der Waals surface area contributed by atoms with E-state index in [1.807, 2.05) is 24.3 Å². The molecule has 3 rings (SSSR count). The number of hydrogen-bond acceptors (Lipinski definition) is 5. The van der Waals surface area contributed by atoms with Gasteiger partial charge in [-0.15, -0.1) is 0 Å². The zero-order valence-corrected chi connectivity index (χ0v) is 11.7. The molecule has 104 valence electrons. The number of pyridine rings is 1. The molecular formula is C15H11ClN4O. The lowest BCUT2D eigenvalue weighted by molar-refractivity contribution is 0.442. The van der Waals surface area contributed by atoms with Crippen LogP contribution in [0.1, 0.15) is 0 Å². The van der Waals surface area contributed by atoms with Crippen LogP contribution in [0, 0.1) is 0 Å². The Hall–Kier alpha value is -2.66. The molecule has 0 aliphatic heterocycles. The molecule has 0 spiro atoms. The van der Waals surface area contributed by atoms with Crippen LogP contribution in [-0.2, 0) is 0 Å². The standard InChI is InChI=1S/C15H11ClN4O/c16-11-8-13(14(17)20-9-11)10-2-4-12(5-3-10)21-15-18-6-1-7-19-15/h1-9H,(H2,17,20). The third-order valence-corrected chi connectivity index (χ3v) is 3.01. The zero-order valence-electron chi connectivity index (χ0n) is 10.9. The summed E-state index contributed by atoms with van der Waals surface area (Å²) < 4.78 is 5.53. The van der Waals surface area contributed by atoms with Gasteiger partial charge in [0, 0.05) is 24.2 Å². The van der Waals surface area contributed by atoms with Crippen LogP contribution in [0.15, 0.2) is 55.0 Å². The summed E-state index contributed by atoms with van der Waals surface area (Å²) in [5.74, 6) is 1.07. The van der Waals surface area contributed by atoms with Crippen molar-refractivity contribution in [3.05, 3.63) is 60.0 Å². The largest absolute Gasteiger partial charge is 0.424 e. The second kappa shape index (κ2) is 5.76. The molecule has 0 aliphatic rings. The maximum Gasteiger partial charge on any atom is 0.321 e. The van der Waals surface area contributed by atoms with Crippen molar-refractivity contribution in [1.82, 2.24) is 15.0 Å². The van der Waals surface area contributed by atoms with Crippen molar-refractivity contribution in [2.24, 2.45) is 0 Å². The topological polar surface area (TPSA) is 73.9 Å². The highest BCUT2D eigenvalue weighted by atomic mass is 35.5. The van der Waals surface area contributed by atoms with Gasteiger partial charge < -0.3 is 10.5 Å². The van der Waals surface area contributed by atoms with Gasteiger partial charge in [0.05, 0.1) is 5.02 Å². The second-order valence-electron chi connectivity index (χ2n) is 4.24. The van der Waals surface area contributed by atoms with E-state index < -0.39 is 0 Å². The summed E-state index contributed by atoms with van der Waals surface area (Å²) in [6.45, 7) is 0. The number of aromatic nitrogens is 3. The summed E-state index contributed by atoms with van der Waals surface area (Å²) in [5, 5.41) is 0.539. The molecule has 21 heavy (non-hydrogen) atoms. The van der Waals surface area contributed by atoms with E-state index in [1.165, 1.54) is 6.20 Å². The Labute approximate surface area is 126 Å². The minimum absolute atomic E-state index is 0.300. The number of nitrogens with zero attached hydrogens (tertiary/aromatic N) is 3. The summed E-state index contributed by atoms with van der Waals surface area (Å²) in [7, 11) is 0. The molecule has 5 nitrogen and oxygen atoms in total. The van der Waals surface area contributed by atoms with Gasteiger partial charge in [-0.05, 0) is 29.8 Å². The normalized spacial score (nSPS) is 10.3. The first-order valence-electron chi connectivity index (χ1n) is 6.19. The van der Waals surface area contributed by atoms with Crippen molar-refractivity contribution in [1.29, 1.82) is 0 Å². The molecule has 2 heterocycles. The Morgan fingerprint density at radius 2 is 1.71 bits per heavy atom. The summed E-state index contributed by atoms with van der Waals surface area (Å²) in [6, 6.07) is 11.2. The van der Waals surface area contributed by atoms with E-state index in [1.54, 1.807) is 24.5 Å². The minimum Gasteiger partial charge on any atom is -0.424 e. The van der Waals surface area contributed by atoms with Gasteiger partial charge >= 0.3 is 6.01 Å². The van der Waals surface area contributed by atoms with Gasteiger partial charge in [-0.2, -0.15) is 0 Å². The molecular weight excluding hydrogens is 288 g/mol. The van der Waals surface area contributed by atoms with Crippen LogP contribution < -0.4 is 10.5 Å². The third-order valence-electron chi connectivity index (χ3n) is 2.80. The van der Waals surface area contributed by atoms with Gasteiger partial charge in [-0.25, -0.2) is 15.0 Å². The smallest absolute Gasteiger partial charge is 0.321 e. The molecule has 1 aromatic carbocycles. The van der Waals surface area contributed by atoms with Gasteiger partial charge in [0.15, 0.2) is 0 Å². The molecule has 2 aromatic heterocycles. The highest BCUT2D eigenvalue weighted by molar-refractivity contribution is 6.30. The molecule has 0 radical (unpaired) electrons. The quantitative estimate of drug-likeness (QED) is 0.800. The van der Waals surface area contributed by atoms with Gasteiger partial charge in [0.1, 0.15) is 11.6 Å². The zero-order chi connectivity index (χ0) is 14.7. The lowest BCUT2D eigenvalue weighted by Gasteiger charge is -2.07. The molecule has 3 aromatic rings. The molecule has 0 saturated carbocycles. The Kier molecular flexibility index (Phi) is 3.66. The van der Waals surface area contributed by atoms with E-state index in [2.05, 4.69) is 15.0 Å². The summed E-state index contributed by atoms with van der Waals surface area (Å²) in [4.78, 5) is 12.0. The highest BCUT2D eigenvalue weighted by Gasteiger charge is 2.06. The number of benzene rings is 1. The van der Waals surface area contributed by atoms with Crippen molar-refractivity contribution < 1.29 is 4.74 Å². The summed E-state index contributed by atoms with van der Waals surface area (Å²) in [6.07, 6.45) is 4.76. The van der Waals surface area contributed by atoms with E-state index >= 15 is 0 Å². The molecule has 0 fully saturated rings. The first kappa shape index (κ1) is 13.3. The fraction of sp³-hybridized carbons (Fsp3) is 0. The van der Waals surface area contributed by atoms with E-state index in [-0.39, 0.29) is 0 Å². The van der Waals surface area contributed by atoms with Crippen molar-refractivity contribution in [2.45, 2.75) is 0 Å². The number of nitrogen functional groups attached to an aromatic ring is 1. The number of rotatable bonds is 3. The van der Waals surface area contributed by atoms with Crippen LogP contribution in [-0.4, -0.2) is 15.0 Å². The average molecular weight is 299 g/mol. The minimum atomic E-state index is 0.300. The molecule has 0 atom stereocenters. The molecule has 0 unspecified atom stereocenters.